The van der Waals surface area contributed by atoms with Crippen molar-refractivity contribution in [2.75, 3.05) is 25.5 Å². The normalized spacial score (nSPS) is 10.9. The molecule has 0 aromatic carbocycles. The van der Waals surface area contributed by atoms with E-state index in [0.717, 1.165) is 38.4 Å². The van der Waals surface area contributed by atoms with Crippen LogP contribution in [0.5, 0.6) is 0 Å². The Morgan fingerprint density at radius 1 is 1.29 bits per heavy atom. The second-order valence-electron chi connectivity index (χ2n) is 4.00. The second kappa shape index (κ2) is 9.30. The Kier molecular flexibility index (Phi) is 9.13. The molecule has 82 valence electrons. The number of alkyl halides is 1. The SMILES string of the molecule is CC(C)CN(CCC#N)CCCCCl. The Morgan fingerprint density at radius 2 is 2.00 bits per heavy atom. The summed E-state index contributed by atoms with van der Waals surface area (Å²) in [5, 5.41) is 8.52. The fraction of sp³-hybridized carbons (Fsp3) is 0.909. The van der Waals surface area contributed by atoms with Gasteiger partial charge in [-0.3, -0.25) is 0 Å². The minimum Gasteiger partial charge on any atom is -0.302 e. The molecule has 0 spiro atoms. The van der Waals surface area contributed by atoms with Crippen LogP contribution in [0.2, 0.25) is 0 Å². The molecule has 0 rings (SSSR count). The summed E-state index contributed by atoms with van der Waals surface area (Å²) < 4.78 is 0. The van der Waals surface area contributed by atoms with Gasteiger partial charge in [0, 0.05) is 25.4 Å². The largest absolute Gasteiger partial charge is 0.302 e. The molecule has 0 saturated carbocycles. The van der Waals surface area contributed by atoms with Crippen LogP contribution in [0.1, 0.15) is 33.1 Å². The summed E-state index contributed by atoms with van der Waals surface area (Å²) in [6.45, 7) is 7.48. The van der Waals surface area contributed by atoms with Gasteiger partial charge in [-0.25, -0.2) is 0 Å². The second-order valence-corrected chi connectivity index (χ2v) is 4.38. The number of nitriles is 1. The lowest BCUT2D eigenvalue weighted by Crippen LogP contribution is -2.29. The lowest BCUT2D eigenvalue weighted by atomic mass is 10.2. The molecule has 0 fully saturated rings. The molecule has 0 aliphatic carbocycles. The first kappa shape index (κ1) is 13.7. The molecule has 0 atom stereocenters. The van der Waals surface area contributed by atoms with Gasteiger partial charge in [0.05, 0.1) is 6.07 Å². The van der Waals surface area contributed by atoms with Crippen LogP contribution >= 0.6 is 11.6 Å². The predicted octanol–water partition coefficient (Wildman–Crippen LogP) is 2.88. The van der Waals surface area contributed by atoms with Gasteiger partial charge in [-0.05, 0) is 25.3 Å². The zero-order valence-electron chi connectivity index (χ0n) is 9.30. The zero-order chi connectivity index (χ0) is 10.8. The topological polar surface area (TPSA) is 27.0 Å². The van der Waals surface area contributed by atoms with Gasteiger partial charge in [-0.1, -0.05) is 13.8 Å². The molecule has 0 amide bonds. The molecule has 2 nitrogen and oxygen atoms in total. The van der Waals surface area contributed by atoms with E-state index < -0.39 is 0 Å². The summed E-state index contributed by atoms with van der Waals surface area (Å²) in [6.07, 6.45) is 2.85. The van der Waals surface area contributed by atoms with E-state index in [1.807, 2.05) is 0 Å². The summed E-state index contributed by atoms with van der Waals surface area (Å²) in [6, 6.07) is 2.19. The van der Waals surface area contributed by atoms with Crippen molar-refractivity contribution < 1.29 is 0 Å². The minimum absolute atomic E-state index is 0.633. The van der Waals surface area contributed by atoms with E-state index in [2.05, 4.69) is 24.8 Å². The van der Waals surface area contributed by atoms with E-state index in [1.165, 1.54) is 0 Å². The number of hydrogen-bond acceptors (Lipinski definition) is 2. The summed E-state index contributed by atoms with van der Waals surface area (Å²) in [4.78, 5) is 2.36. The fourth-order valence-electron chi connectivity index (χ4n) is 1.45. The highest BCUT2D eigenvalue weighted by atomic mass is 35.5. The summed E-state index contributed by atoms with van der Waals surface area (Å²) in [7, 11) is 0. The maximum absolute atomic E-state index is 8.52. The van der Waals surface area contributed by atoms with Crippen molar-refractivity contribution in [3.8, 4) is 6.07 Å². The van der Waals surface area contributed by atoms with Gasteiger partial charge in [0.1, 0.15) is 0 Å². The first-order valence-corrected chi connectivity index (χ1v) is 5.89. The molecule has 14 heavy (non-hydrogen) atoms. The van der Waals surface area contributed by atoms with Crippen molar-refractivity contribution in [2.45, 2.75) is 33.1 Å². The van der Waals surface area contributed by atoms with Crippen LogP contribution in [0.3, 0.4) is 0 Å². The van der Waals surface area contributed by atoms with Crippen molar-refractivity contribution in [1.82, 2.24) is 4.90 Å². The maximum atomic E-state index is 8.52. The van der Waals surface area contributed by atoms with Gasteiger partial charge in [-0.15, -0.1) is 11.6 Å². The monoisotopic (exact) mass is 216 g/mol. The molecule has 0 aromatic heterocycles. The molecular formula is C11H21ClN2. The molecule has 0 bridgehead atoms. The molecule has 0 radical (unpaired) electrons. The van der Waals surface area contributed by atoms with Crippen LogP contribution in [-0.4, -0.2) is 30.4 Å². The van der Waals surface area contributed by atoms with Gasteiger partial charge in [0.2, 0.25) is 0 Å². The third kappa shape index (κ3) is 8.34. The fourth-order valence-corrected chi connectivity index (χ4v) is 1.64. The quantitative estimate of drug-likeness (QED) is 0.461. The first-order valence-electron chi connectivity index (χ1n) is 5.36. The lowest BCUT2D eigenvalue weighted by molar-refractivity contribution is 0.246. The molecule has 0 aromatic rings. The van der Waals surface area contributed by atoms with Crippen molar-refractivity contribution in [1.29, 1.82) is 5.26 Å². The highest BCUT2D eigenvalue weighted by Gasteiger charge is 2.06. The average molecular weight is 217 g/mol. The van der Waals surface area contributed by atoms with E-state index in [-0.39, 0.29) is 0 Å². The van der Waals surface area contributed by atoms with Crippen molar-refractivity contribution >= 4 is 11.6 Å². The summed E-state index contributed by atoms with van der Waals surface area (Å²) in [5.41, 5.74) is 0. The van der Waals surface area contributed by atoms with E-state index in [1.54, 1.807) is 0 Å². The van der Waals surface area contributed by atoms with Gasteiger partial charge < -0.3 is 4.90 Å². The van der Waals surface area contributed by atoms with E-state index in [0.29, 0.717) is 12.3 Å². The Balaban J connectivity index is 3.67. The predicted molar refractivity (Wildman–Crippen MR) is 61.5 cm³/mol. The Bertz CT molecular complexity index is 163. The molecule has 0 saturated heterocycles. The van der Waals surface area contributed by atoms with E-state index in [9.17, 15) is 0 Å². The number of halogens is 1. The Labute approximate surface area is 92.8 Å². The number of hydrogen-bond donors (Lipinski definition) is 0. The summed E-state index contributed by atoms with van der Waals surface area (Å²) >= 11 is 5.62. The molecule has 3 heteroatoms. The molecule has 0 heterocycles. The number of unbranched alkanes of at least 4 members (excludes halogenated alkanes) is 1. The Hall–Kier alpha value is -0.260. The first-order chi connectivity index (χ1) is 6.70. The van der Waals surface area contributed by atoms with Gasteiger partial charge in [0.25, 0.3) is 0 Å². The minimum atomic E-state index is 0.633. The van der Waals surface area contributed by atoms with Crippen LogP contribution < -0.4 is 0 Å². The van der Waals surface area contributed by atoms with Crippen LogP contribution in [0.4, 0.5) is 0 Å². The maximum Gasteiger partial charge on any atom is 0.0635 e. The van der Waals surface area contributed by atoms with Gasteiger partial charge in [0.15, 0.2) is 0 Å². The summed E-state index contributed by atoms with van der Waals surface area (Å²) in [5.74, 6) is 1.41. The number of rotatable bonds is 8. The van der Waals surface area contributed by atoms with Crippen molar-refractivity contribution in [2.24, 2.45) is 5.92 Å². The third-order valence-corrected chi connectivity index (χ3v) is 2.29. The smallest absolute Gasteiger partial charge is 0.0635 e. The standard InChI is InChI=1S/C11H21ClN2/c1-11(2)10-14(9-5-7-13)8-4-3-6-12/h11H,3-6,8-10H2,1-2H3. The van der Waals surface area contributed by atoms with E-state index >= 15 is 0 Å². The Morgan fingerprint density at radius 3 is 2.50 bits per heavy atom. The lowest BCUT2D eigenvalue weighted by Gasteiger charge is -2.22. The van der Waals surface area contributed by atoms with E-state index in [4.69, 9.17) is 16.9 Å². The molecule has 0 N–H and O–H groups in total. The highest BCUT2D eigenvalue weighted by Crippen LogP contribution is 2.03. The average Bonchev–Trinajstić information content (AvgIpc) is 2.13. The molecule has 0 aliphatic rings. The number of nitrogens with zero attached hydrogens (tertiary/aromatic N) is 2. The van der Waals surface area contributed by atoms with Gasteiger partial charge >= 0.3 is 0 Å². The van der Waals surface area contributed by atoms with Crippen LogP contribution in [0.15, 0.2) is 0 Å². The van der Waals surface area contributed by atoms with Gasteiger partial charge in [-0.2, -0.15) is 5.26 Å². The van der Waals surface area contributed by atoms with Crippen molar-refractivity contribution in [3.05, 3.63) is 0 Å². The molecular weight excluding hydrogens is 196 g/mol. The molecule has 0 unspecified atom stereocenters. The van der Waals surface area contributed by atoms with Crippen molar-refractivity contribution in [3.63, 3.8) is 0 Å². The van der Waals surface area contributed by atoms with Crippen LogP contribution in [-0.2, 0) is 0 Å². The molecule has 0 aliphatic heterocycles. The zero-order valence-corrected chi connectivity index (χ0v) is 10.1. The van der Waals surface area contributed by atoms with Crippen LogP contribution in [0.25, 0.3) is 0 Å². The highest BCUT2D eigenvalue weighted by molar-refractivity contribution is 6.17. The van der Waals surface area contributed by atoms with Crippen LogP contribution in [0, 0.1) is 17.2 Å². The third-order valence-electron chi connectivity index (χ3n) is 2.02.